The first kappa shape index (κ1) is 103. The van der Waals surface area contributed by atoms with Gasteiger partial charge in [0.25, 0.3) is 5.56 Å². The summed E-state index contributed by atoms with van der Waals surface area (Å²) in [6.07, 6.45) is 8.36. The molecule has 0 aliphatic rings. The van der Waals surface area contributed by atoms with Gasteiger partial charge in [-0.2, -0.15) is 0 Å². The van der Waals surface area contributed by atoms with Crippen LogP contribution in [0, 0.1) is 47.6 Å². The average Bonchev–Trinajstić information content (AvgIpc) is 1.67. The molecule has 36 nitrogen and oxygen atoms in total. The molecule has 0 saturated carbocycles. The smallest absolute Gasteiger partial charge is 0.330 e. The van der Waals surface area contributed by atoms with Crippen molar-refractivity contribution < 1.29 is 578 Å². The van der Waals surface area contributed by atoms with E-state index < -0.39 is 108 Å². The summed E-state index contributed by atoms with van der Waals surface area (Å²) >= 11 is 0. The van der Waals surface area contributed by atoms with Gasteiger partial charge in [0.05, 0.1) is 52.5 Å². The second-order valence-electron chi connectivity index (χ2n) is 18.4. The third-order valence-electron chi connectivity index (χ3n) is 13.3. The maximum Gasteiger partial charge on any atom is 0.330 e. The van der Waals surface area contributed by atoms with Crippen molar-refractivity contribution in [1.82, 2.24) is 112 Å². The quantitative estimate of drug-likeness (QED) is 0.149. The van der Waals surface area contributed by atoms with Gasteiger partial charge in [-0.3, -0.25) is 52.4 Å². The van der Waals surface area contributed by atoms with Crippen molar-refractivity contribution in [3.63, 3.8) is 0 Å². The van der Waals surface area contributed by atoms with Crippen LogP contribution in [0.5, 0.6) is 0 Å². The van der Waals surface area contributed by atoms with Crippen LogP contribution in [-0.2, 0) is 638 Å². The molecule has 17 radical (unpaired) electrons. The zero-order chi connectivity index (χ0) is 80.6. The Kier molecular flexibility index (Phi) is 59.6. The van der Waals surface area contributed by atoms with E-state index in [1.165, 1.54) is 80.8 Å². The van der Waals surface area contributed by atoms with Crippen molar-refractivity contribution in [3.8, 4) is 0 Å². The van der Waals surface area contributed by atoms with Crippen LogP contribution in [0.1, 0.15) is 63.5 Å². The fourth-order valence-corrected chi connectivity index (χ4v) is 8.71. The summed E-state index contributed by atoms with van der Waals surface area (Å²) in [6.45, 7) is -3.41. The largest absolute Gasteiger partial charge is 0.465 e. The van der Waals surface area contributed by atoms with E-state index in [-0.39, 0.29) is 636 Å². The molecule has 0 aliphatic carbocycles. The molecule has 0 unspecified atom stereocenters. The maximum absolute atomic E-state index is 12.1. The molecule has 0 N–H and O–H groups in total. The Balaban J connectivity index is -0.000000132. The first-order chi connectivity index (χ1) is 48.6. The van der Waals surface area contributed by atoms with E-state index in [9.17, 15) is 57.5 Å². The van der Waals surface area contributed by atoms with Crippen molar-refractivity contribution in [2.75, 3.05) is 0 Å². The molecular weight excluding hydrogens is 2690 g/mol. The molecule has 12 rings (SSSR count). The Bertz CT molecular complexity index is 5940. The van der Waals surface area contributed by atoms with E-state index in [1.54, 1.807) is 20.9 Å². The Morgan fingerprint density at radius 2 is 0.645 bits per heavy atom. The maximum atomic E-state index is 12.1. The average molecular weight is 2770 g/mol. The molecule has 0 saturated heterocycles. The standard InChI is InChI=1S/5C9H11N4O2.C9H10N4O2.17Y/c6*1-4-13-8(14)6-7(10-5-11(6)2)12(3)9(13)15;;;;;;;;;;;;;;;;;/h2*4-5H,1-3H3;5H,3-4H2,1-2H3;2*5H,2,4H2,1,3H3;3-4H2,1-2H3;;;;;;;;;;;;;;;;;/q5*-1;-2;;;;;;;;;;;;;;;;;/i3D3;2*2D3;4D2;3D3;4D2;;;;;;;;;;;;;;;;;. The molecule has 12 aromatic rings. The van der Waals surface area contributed by atoms with Crippen molar-refractivity contribution in [2.45, 2.75) is 67.6 Å². The molecule has 0 amide bonds. The van der Waals surface area contributed by atoms with Crippen molar-refractivity contribution in [2.24, 2.45) is 56.1 Å². The summed E-state index contributed by atoms with van der Waals surface area (Å²) < 4.78 is 134. The molecular formula is C54H65N24O12Y17-7. The van der Waals surface area contributed by atoms with Crippen molar-refractivity contribution >= 4 is 67.0 Å². The third kappa shape index (κ3) is 29.5. The molecule has 0 aromatic carbocycles. The molecule has 107 heavy (non-hydrogen) atoms. The van der Waals surface area contributed by atoms with Crippen molar-refractivity contribution in [1.29, 1.82) is 0 Å². The topological polar surface area (TPSA) is 371 Å². The normalized spacial score (nSPS) is 12.2. The monoisotopic (exact) mass is 2770 g/mol. The summed E-state index contributed by atoms with van der Waals surface area (Å²) in [6, 6.07) is 0. The molecule has 0 spiro atoms. The predicted octanol–water partition coefficient (Wildman–Crippen LogP) is -3.09. The summed E-state index contributed by atoms with van der Waals surface area (Å²) in [7, 11) is 20.0. The first-order valence-electron chi connectivity index (χ1n) is 33.6. The van der Waals surface area contributed by atoms with E-state index >= 15 is 0 Å². The van der Waals surface area contributed by atoms with Crippen LogP contribution in [0.3, 0.4) is 0 Å². The van der Waals surface area contributed by atoms with Gasteiger partial charge in [-0.1, -0.05) is 13.8 Å². The Hall–Kier alpha value is 6.89. The Labute approximate surface area is 1060 Å². The number of hydrogen-bond donors (Lipinski definition) is 0. The van der Waals surface area contributed by atoms with Gasteiger partial charge in [-0.15, -0.1) is 41.3 Å². The van der Waals surface area contributed by atoms with Crippen LogP contribution >= 0.6 is 0 Å². The molecule has 0 aliphatic heterocycles. The first-order valence-corrected chi connectivity index (χ1v) is 25.6. The van der Waals surface area contributed by atoms with Crippen LogP contribution in [0.15, 0.2) is 89.2 Å². The van der Waals surface area contributed by atoms with E-state index in [0.29, 0.717) is 18.3 Å². The Morgan fingerprint density at radius 3 is 1.07 bits per heavy atom. The number of aromatic nitrogens is 24. The van der Waals surface area contributed by atoms with Crippen LogP contribution in [-0.4, -0.2) is 112 Å². The van der Waals surface area contributed by atoms with Gasteiger partial charge in [0, 0.05) is 670 Å². The van der Waals surface area contributed by atoms with Gasteiger partial charge in [0.2, 0.25) is 39.4 Å². The number of nitrogens with zero attached hydrogens (tertiary/aromatic N) is 24. The molecule has 12 aromatic heterocycles. The summed E-state index contributed by atoms with van der Waals surface area (Å²) in [4.78, 5) is 166. The van der Waals surface area contributed by atoms with Crippen LogP contribution in [0.2, 0.25) is 0 Å². The zero-order valence-electron chi connectivity index (χ0n) is 75.2. The van der Waals surface area contributed by atoms with E-state index in [1.807, 2.05) is 0 Å². The van der Waals surface area contributed by atoms with Crippen LogP contribution in [0.25, 0.3) is 67.0 Å². The summed E-state index contributed by atoms with van der Waals surface area (Å²) in [5, 5.41) is 0. The molecule has 0 atom stereocenters. The van der Waals surface area contributed by atoms with Gasteiger partial charge in [0.1, 0.15) is 11.3 Å². The molecule has 0 bridgehead atoms. The number of aryl methyl sites for hydroxylation is 8. The third-order valence-corrected chi connectivity index (χ3v) is 13.3. The molecule has 0 fully saturated rings. The van der Waals surface area contributed by atoms with E-state index in [4.69, 9.17) is 21.9 Å². The molecule has 53 heteroatoms. The number of rotatable bonds is 6. The fraction of sp³-hybridized carbons (Fsp3) is 0.333. The molecule has 531 valence electrons. The zero-order valence-corrected chi connectivity index (χ0v) is 107. The van der Waals surface area contributed by atoms with Gasteiger partial charge < -0.3 is 97.7 Å². The number of hydrogen-bond acceptors (Lipinski definition) is 18. The number of imidazole rings is 6. The van der Waals surface area contributed by atoms with Gasteiger partial charge in [0.15, 0.2) is 11.1 Å². The van der Waals surface area contributed by atoms with E-state index in [2.05, 4.69) is 64.4 Å². The summed E-state index contributed by atoms with van der Waals surface area (Å²) in [5.74, 6) is 0. The minimum Gasteiger partial charge on any atom is -0.465 e. The van der Waals surface area contributed by atoms with Gasteiger partial charge in [-0.05, 0) is 58.6 Å². The SMILES string of the molecule is [2H]C([2H])(C)n1c(=O)c2c(n[c-]n2C)n([CH2-])c1=O.[2H]C([2H])(C)n1c(=O)c2c(ncn2[CH2-])n(C)c1=O.[2H]C([2H])([2H])n1c(=O)n(CC)c(=O)c2c1ncn2[CH2-].[2H]C([2H])([2H])n1c(=O)n([CH-]C)c(=O)c2c1ncn2C.[2H]C([2H])([2H])n1cnc2c1c(=O)n(CC)c(=O)n2[CH2-].[2H]C([2H])([2H])n1cnc2c1c(=O)n([CH-]C)c(=O)n2C.[Y].[Y].[Y].[Y].[Y].[Y].[Y].[Y].[Y].[Y].[Y].[Y].[Y].[Y].[Y].[Y].[Y]. The minimum absolute atomic E-state index is 0. The predicted molar refractivity (Wildman–Crippen MR) is 333 cm³/mol. The Morgan fingerprint density at radius 1 is 0.355 bits per heavy atom. The summed E-state index contributed by atoms with van der Waals surface area (Å²) in [5.41, 5.74) is -8.63. The van der Waals surface area contributed by atoms with E-state index in [0.717, 1.165) is 76.7 Å². The fourth-order valence-electron chi connectivity index (χ4n) is 8.71. The van der Waals surface area contributed by atoms with Gasteiger partial charge >= 0.3 is 11.4 Å². The van der Waals surface area contributed by atoms with Crippen molar-refractivity contribution in [3.05, 3.63) is 204 Å². The molecule has 12 heterocycles. The second kappa shape index (κ2) is 62.1. The second-order valence-corrected chi connectivity index (χ2v) is 18.4. The van der Waals surface area contributed by atoms with Crippen LogP contribution in [0.4, 0.5) is 0 Å². The number of fused-ring (bicyclic) bond motifs is 6. The minimum atomic E-state index is -2.70. The van der Waals surface area contributed by atoms with Gasteiger partial charge in [-0.25, -0.2) is 19.6 Å². The van der Waals surface area contributed by atoms with Crippen LogP contribution < -0.4 is 67.5 Å².